The van der Waals surface area contributed by atoms with E-state index in [9.17, 15) is 28.4 Å². The number of hydrazone groups is 1. The Morgan fingerprint density at radius 1 is 1.15 bits per heavy atom. The van der Waals surface area contributed by atoms with Crippen LogP contribution in [-0.2, 0) is 10.0 Å². The average molecular weight is 549 g/mol. The second-order valence-corrected chi connectivity index (χ2v) is 9.22. The molecule has 3 aromatic carbocycles. The van der Waals surface area contributed by atoms with E-state index in [1.807, 2.05) is 0 Å². The van der Waals surface area contributed by atoms with Crippen molar-refractivity contribution in [3.63, 3.8) is 0 Å². The Labute approximate surface area is 202 Å². The van der Waals surface area contributed by atoms with Crippen LogP contribution in [0.25, 0.3) is 0 Å². The molecule has 0 saturated carbocycles. The number of aromatic carboxylic acids is 1. The van der Waals surface area contributed by atoms with Crippen LogP contribution in [0.4, 0.5) is 17.1 Å². The van der Waals surface area contributed by atoms with Crippen LogP contribution in [0, 0.1) is 10.1 Å². The Morgan fingerprint density at radius 2 is 1.88 bits per heavy atom. The van der Waals surface area contributed by atoms with Gasteiger partial charge in [-0.25, -0.2) is 13.2 Å². The number of para-hydroxylation sites is 1. The number of benzene rings is 3. The van der Waals surface area contributed by atoms with Crippen LogP contribution in [0.15, 0.2) is 75.1 Å². The van der Waals surface area contributed by atoms with Crippen LogP contribution in [0.5, 0.6) is 5.75 Å². The molecule has 3 rings (SSSR count). The van der Waals surface area contributed by atoms with Gasteiger partial charge in [-0.1, -0.05) is 28.1 Å². The summed E-state index contributed by atoms with van der Waals surface area (Å²) in [6.45, 7) is 0. The number of methoxy groups -OCH3 is 1. The quantitative estimate of drug-likeness (QED) is 0.202. The van der Waals surface area contributed by atoms with Crippen molar-refractivity contribution >= 4 is 55.2 Å². The lowest BCUT2D eigenvalue weighted by atomic mass is 10.2. The summed E-state index contributed by atoms with van der Waals surface area (Å²) in [6.07, 6.45) is 1.38. The van der Waals surface area contributed by atoms with Crippen molar-refractivity contribution in [1.29, 1.82) is 0 Å². The number of nitro benzene ring substituents is 1. The number of hydrogen-bond acceptors (Lipinski definition) is 8. The highest BCUT2D eigenvalue weighted by Gasteiger charge is 2.24. The first kappa shape index (κ1) is 24.7. The lowest BCUT2D eigenvalue weighted by Crippen LogP contribution is -2.17. The van der Waals surface area contributed by atoms with Crippen LogP contribution >= 0.6 is 15.9 Å². The zero-order valence-electron chi connectivity index (χ0n) is 17.4. The molecule has 0 aliphatic carbocycles. The molecule has 0 atom stereocenters. The summed E-state index contributed by atoms with van der Waals surface area (Å²) in [5.74, 6) is -0.833. The molecule has 0 saturated heterocycles. The van der Waals surface area contributed by atoms with Gasteiger partial charge in [0.2, 0.25) is 0 Å². The predicted octanol–water partition coefficient (Wildman–Crippen LogP) is 4.31. The van der Waals surface area contributed by atoms with Gasteiger partial charge in [0.1, 0.15) is 10.6 Å². The lowest BCUT2D eigenvalue weighted by Gasteiger charge is -2.13. The monoisotopic (exact) mass is 548 g/mol. The number of halogens is 1. The molecule has 0 unspecified atom stereocenters. The summed E-state index contributed by atoms with van der Waals surface area (Å²) in [7, 11) is -2.98. The van der Waals surface area contributed by atoms with Crippen molar-refractivity contribution in [2.75, 3.05) is 17.3 Å². The third-order valence-electron chi connectivity index (χ3n) is 4.45. The fraction of sp³-hybridized carbons (Fsp3) is 0.0476. The van der Waals surface area contributed by atoms with E-state index in [-0.39, 0.29) is 16.9 Å². The van der Waals surface area contributed by atoms with Gasteiger partial charge in [-0.05, 0) is 36.4 Å². The average Bonchev–Trinajstić information content (AvgIpc) is 2.79. The third kappa shape index (κ3) is 5.68. The minimum atomic E-state index is -4.46. The van der Waals surface area contributed by atoms with Crippen molar-refractivity contribution < 1.29 is 28.0 Å². The van der Waals surface area contributed by atoms with E-state index in [1.54, 1.807) is 18.2 Å². The number of anilines is 2. The Morgan fingerprint density at radius 3 is 2.56 bits per heavy atom. The summed E-state index contributed by atoms with van der Waals surface area (Å²) >= 11 is 3.34. The van der Waals surface area contributed by atoms with Crippen molar-refractivity contribution in [2.24, 2.45) is 5.10 Å². The molecule has 0 aromatic heterocycles. The summed E-state index contributed by atoms with van der Waals surface area (Å²) in [4.78, 5) is 21.4. The molecular weight excluding hydrogens is 532 g/mol. The van der Waals surface area contributed by atoms with Gasteiger partial charge in [0.25, 0.3) is 15.7 Å². The molecule has 0 spiro atoms. The molecular formula is C21H17BrN4O7S. The number of non-ortho nitro benzene ring substituents is 1. The molecule has 34 heavy (non-hydrogen) atoms. The maximum Gasteiger partial charge on any atom is 0.337 e. The molecule has 0 bridgehead atoms. The molecule has 11 nitrogen and oxygen atoms in total. The molecule has 0 amide bonds. The number of ether oxygens (including phenoxy) is 1. The van der Waals surface area contributed by atoms with E-state index in [4.69, 9.17) is 4.74 Å². The van der Waals surface area contributed by atoms with E-state index < -0.39 is 31.5 Å². The van der Waals surface area contributed by atoms with Gasteiger partial charge in [0.15, 0.2) is 0 Å². The molecule has 0 heterocycles. The fourth-order valence-electron chi connectivity index (χ4n) is 2.88. The number of carbonyl (C=O) groups is 1. The van der Waals surface area contributed by atoms with Crippen molar-refractivity contribution in [3.8, 4) is 5.75 Å². The minimum absolute atomic E-state index is 0.0730. The van der Waals surface area contributed by atoms with Crippen molar-refractivity contribution in [2.45, 2.75) is 4.90 Å². The number of nitro groups is 1. The summed E-state index contributed by atoms with van der Waals surface area (Å²) in [5.41, 5.74) is 2.11. The standard InChI is InChI=1S/C21H17BrN4O7S/c1-33-19-9-6-14(22)10-13(19)12-23-24-18-8-7-15(26(29)30)11-20(18)34(31,32)25-17-5-3-2-4-16(17)21(27)28/h2-12,24-25H,1H3,(H,27,28)/b23-12+. The minimum Gasteiger partial charge on any atom is -0.496 e. The lowest BCUT2D eigenvalue weighted by molar-refractivity contribution is -0.385. The highest BCUT2D eigenvalue weighted by Crippen LogP contribution is 2.29. The normalized spacial score (nSPS) is 11.2. The highest BCUT2D eigenvalue weighted by molar-refractivity contribution is 9.10. The van der Waals surface area contributed by atoms with Gasteiger partial charge < -0.3 is 9.84 Å². The molecule has 13 heteroatoms. The van der Waals surface area contributed by atoms with Gasteiger partial charge in [-0.2, -0.15) is 5.10 Å². The summed E-state index contributed by atoms with van der Waals surface area (Å²) in [6, 6.07) is 13.7. The second kappa shape index (κ2) is 10.3. The van der Waals surface area contributed by atoms with Crippen LogP contribution in [-0.4, -0.2) is 37.7 Å². The Kier molecular flexibility index (Phi) is 7.48. The molecule has 3 aromatic rings. The summed E-state index contributed by atoms with van der Waals surface area (Å²) in [5, 5.41) is 24.6. The van der Waals surface area contributed by atoms with E-state index in [0.29, 0.717) is 11.3 Å². The SMILES string of the molecule is COc1ccc(Br)cc1/C=N/Nc1ccc([N+](=O)[O-])cc1S(=O)(=O)Nc1ccccc1C(=O)O. The van der Waals surface area contributed by atoms with Gasteiger partial charge in [0.05, 0.1) is 35.2 Å². The zero-order chi connectivity index (χ0) is 24.9. The first-order chi connectivity index (χ1) is 16.1. The molecule has 0 radical (unpaired) electrons. The van der Waals surface area contributed by atoms with Crippen LogP contribution < -0.4 is 14.9 Å². The smallest absolute Gasteiger partial charge is 0.337 e. The zero-order valence-corrected chi connectivity index (χ0v) is 19.8. The topological polar surface area (TPSA) is 160 Å². The van der Waals surface area contributed by atoms with Gasteiger partial charge in [-0.15, -0.1) is 0 Å². The van der Waals surface area contributed by atoms with Crippen LogP contribution in [0.2, 0.25) is 0 Å². The van der Waals surface area contributed by atoms with Crippen LogP contribution in [0.1, 0.15) is 15.9 Å². The first-order valence-electron chi connectivity index (χ1n) is 9.38. The van der Waals surface area contributed by atoms with Crippen molar-refractivity contribution in [1.82, 2.24) is 0 Å². The molecule has 0 fully saturated rings. The maximum atomic E-state index is 13.1. The summed E-state index contributed by atoms with van der Waals surface area (Å²) < 4.78 is 34.4. The predicted molar refractivity (Wildman–Crippen MR) is 129 cm³/mol. The first-order valence-corrected chi connectivity index (χ1v) is 11.7. The molecule has 176 valence electrons. The van der Waals surface area contributed by atoms with E-state index in [0.717, 1.165) is 16.6 Å². The fourth-order valence-corrected chi connectivity index (χ4v) is 4.51. The number of rotatable bonds is 9. The Hall–Kier alpha value is -3.97. The molecule has 3 N–H and O–H groups in total. The number of carboxylic acid groups (broad SMARTS) is 1. The van der Waals surface area contributed by atoms with Crippen molar-refractivity contribution in [3.05, 3.63) is 86.4 Å². The number of nitrogens with one attached hydrogen (secondary N) is 2. The number of sulfonamides is 1. The number of carboxylic acids is 1. The largest absolute Gasteiger partial charge is 0.496 e. The molecule has 0 aliphatic heterocycles. The van der Waals surface area contributed by atoms with E-state index in [1.165, 1.54) is 43.7 Å². The number of nitrogens with zero attached hydrogens (tertiary/aromatic N) is 2. The Bertz CT molecular complexity index is 1390. The highest BCUT2D eigenvalue weighted by atomic mass is 79.9. The second-order valence-electron chi connectivity index (χ2n) is 6.65. The Balaban J connectivity index is 2.00. The van der Waals surface area contributed by atoms with E-state index >= 15 is 0 Å². The van der Waals surface area contributed by atoms with E-state index in [2.05, 4.69) is 31.2 Å². The maximum absolute atomic E-state index is 13.1. The molecule has 0 aliphatic rings. The van der Waals surface area contributed by atoms with Gasteiger partial charge >= 0.3 is 5.97 Å². The van der Waals surface area contributed by atoms with Gasteiger partial charge in [0, 0.05) is 22.2 Å². The third-order valence-corrected chi connectivity index (χ3v) is 6.35. The van der Waals surface area contributed by atoms with Gasteiger partial charge in [-0.3, -0.25) is 20.3 Å². The number of hydrogen-bond donors (Lipinski definition) is 3. The van der Waals surface area contributed by atoms with Crippen LogP contribution in [0.3, 0.4) is 0 Å².